The lowest BCUT2D eigenvalue weighted by Crippen LogP contribution is -2.26. The first-order valence-electron chi connectivity index (χ1n) is 8.43. The van der Waals surface area contributed by atoms with Crippen molar-refractivity contribution in [3.05, 3.63) is 42.5 Å². The van der Waals surface area contributed by atoms with Crippen LogP contribution in [0.2, 0.25) is 0 Å². The first-order valence-corrected chi connectivity index (χ1v) is 8.43. The van der Waals surface area contributed by atoms with Crippen molar-refractivity contribution in [2.45, 2.75) is 32.4 Å². The number of ether oxygens (including phenoxy) is 1. The second-order valence-corrected chi connectivity index (χ2v) is 6.45. The van der Waals surface area contributed by atoms with Crippen LogP contribution in [0.3, 0.4) is 0 Å². The number of likely N-dealkylation sites (tertiary alicyclic amines) is 1. The van der Waals surface area contributed by atoms with Gasteiger partial charge in [0.05, 0.1) is 12.1 Å². The average Bonchev–Trinajstić information content (AvgIpc) is 2.89. The third-order valence-electron chi connectivity index (χ3n) is 4.29. The van der Waals surface area contributed by atoms with Gasteiger partial charge in [0, 0.05) is 50.7 Å². The highest BCUT2D eigenvalue weighted by Gasteiger charge is 2.38. The summed E-state index contributed by atoms with van der Waals surface area (Å²) in [5, 5.41) is 3.31. The van der Waals surface area contributed by atoms with Crippen LogP contribution >= 0.6 is 0 Å². The maximum atomic E-state index is 12.2. The summed E-state index contributed by atoms with van der Waals surface area (Å²) >= 11 is 0. The Bertz CT molecular complexity index is 722. The summed E-state index contributed by atoms with van der Waals surface area (Å²) in [5.41, 5.74) is 1.09. The molecule has 25 heavy (non-hydrogen) atoms. The number of hydrogen-bond acceptors (Lipinski definition) is 6. The molecule has 7 nitrogen and oxygen atoms in total. The van der Waals surface area contributed by atoms with Gasteiger partial charge in [-0.1, -0.05) is 0 Å². The molecule has 2 aromatic rings. The molecule has 1 aliphatic rings. The van der Waals surface area contributed by atoms with E-state index in [-0.39, 0.29) is 24.0 Å². The monoisotopic (exact) mass is 341 g/mol. The quantitative estimate of drug-likeness (QED) is 0.868. The fourth-order valence-electron chi connectivity index (χ4n) is 3.18. The number of aromatic nitrogens is 3. The van der Waals surface area contributed by atoms with Crippen molar-refractivity contribution in [1.29, 1.82) is 0 Å². The van der Waals surface area contributed by atoms with E-state index in [2.05, 4.69) is 20.3 Å². The highest BCUT2D eigenvalue weighted by Crippen LogP contribution is 2.37. The molecule has 7 heteroatoms. The van der Waals surface area contributed by atoms with Crippen LogP contribution in [-0.4, -0.2) is 45.5 Å². The smallest absolute Gasteiger partial charge is 0.257 e. The second kappa shape index (κ2) is 7.46. The summed E-state index contributed by atoms with van der Waals surface area (Å²) in [6.45, 7) is 4.50. The standard InChI is InChI=1S/C18H23N5O2/c1-12(2)25-18-17(20-8-9-21-18)22-11-14-10-15(24)23(3)16(14)13-4-6-19-7-5-13/h4-9,12,14,16H,10-11H2,1-3H3,(H,20,22)/t14-,16-/m0/s1. The normalized spacial score (nSPS) is 20.2. The van der Waals surface area contributed by atoms with E-state index in [4.69, 9.17) is 4.74 Å². The summed E-state index contributed by atoms with van der Waals surface area (Å²) in [4.78, 5) is 26.7. The van der Waals surface area contributed by atoms with Crippen LogP contribution in [0.1, 0.15) is 31.9 Å². The zero-order valence-corrected chi connectivity index (χ0v) is 14.7. The van der Waals surface area contributed by atoms with Crippen molar-refractivity contribution < 1.29 is 9.53 Å². The zero-order chi connectivity index (χ0) is 17.8. The van der Waals surface area contributed by atoms with E-state index in [0.29, 0.717) is 24.7 Å². The molecule has 3 heterocycles. The molecule has 1 fully saturated rings. The van der Waals surface area contributed by atoms with Crippen LogP contribution in [0, 0.1) is 5.92 Å². The Morgan fingerprint density at radius 2 is 1.96 bits per heavy atom. The van der Waals surface area contributed by atoms with Crippen molar-refractivity contribution in [1.82, 2.24) is 19.9 Å². The molecular weight excluding hydrogens is 318 g/mol. The van der Waals surface area contributed by atoms with Crippen LogP contribution in [0.5, 0.6) is 5.88 Å². The molecule has 1 N–H and O–H groups in total. The molecule has 0 bridgehead atoms. The number of nitrogens with one attached hydrogen (secondary N) is 1. The summed E-state index contributed by atoms with van der Waals surface area (Å²) in [7, 11) is 1.85. The summed E-state index contributed by atoms with van der Waals surface area (Å²) in [5.74, 6) is 1.36. The molecule has 2 aromatic heterocycles. The Kier molecular flexibility index (Phi) is 5.11. The predicted molar refractivity (Wildman–Crippen MR) is 94.1 cm³/mol. The van der Waals surface area contributed by atoms with E-state index >= 15 is 0 Å². The van der Waals surface area contributed by atoms with Gasteiger partial charge in [-0.3, -0.25) is 9.78 Å². The lowest BCUT2D eigenvalue weighted by Gasteiger charge is -2.25. The van der Waals surface area contributed by atoms with Crippen LogP contribution < -0.4 is 10.1 Å². The highest BCUT2D eigenvalue weighted by atomic mass is 16.5. The SMILES string of the molecule is CC(C)Oc1nccnc1NC[C@@H]1CC(=O)N(C)[C@H]1c1ccncc1. The first kappa shape index (κ1) is 17.1. The van der Waals surface area contributed by atoms with Crippen LogP contribution in [0.4, 0.5) is 5.82 Å². The largest absolute Gasteiger partial charge is 0.472 e. The number of hydrogen-bond donors (Lipinski definition) is 1. The van der Waals surface area contributed by atoms with Gasteiger partial charge in [-0.15, -0.1) is 0 Å². The number of amides is 1. The molecule has 0 aliphatic carbocycles. The fraction of sp³-hybridized carbons (Fsp3) is 0.444. The fourth-order valence-corrected chi connectivity index (χ4v) is 3.18. The lowest BCUT2D eigenvalue weighted by atomic mass is 9.94. The third kappa shape index (κ3) is 3.87. The van der Waals surface area contributed by atoms with Crippen LogP contribution in [0.15, 0.2) is 36.9 Å². The van der Waals surface area contributed by atoms with Crippen LogP contribution in [-0.2, 0) is 4.79 Å². The second-order valence-electron chi connectivity index (χ2n) is 6.45. The molecule has 1 aliphatic heterocycles. The van der Waals surface area contributed by atoms with Gasteiger partial charge >= 0.3 is 0 Å². The van der Waals surface area contributed by atoms with Crippen molar-refractivity contribution in [2.75, 3.05) is 18.9 Å². The number of pyridine rings is 1. The van der Waals surface area contributed by atoms with Gasteiger partial charge in [0.2, 0.25) is 5.91 Å². The van der Waals surface area contributed by atoms with Gasteiger partial charge in [0.15, 0.2) is 5.82 Å². The number of nitrogens with zero attached hydrogens (tertiary/aromatic N) is 4. The van der Waals surface area contributed by atoms with Crippen molar-refractivity contribution >= 4 is 11.7 Å². The summed E-state index contributed by atoms with van der Waals surface area (Å²) in [6.07, 6.45) is 7.26. The lowest BCUT2D eigenvalue weighted by molar-refractivity contribution is -0.127. The molecule has 0 saturated carbocycles. The van der Waals surface area contributed by atoms with Gasteiger partial charge in [-0.05, 0) is 31.5 Å². The van der Waals surface area contributed by atoms with E-state index in [9.17, 15) is 4.79 Å². The van der Waals surface area contributed by atoms with Crippen molar-refractivity contribution in [2.24, 2.45) is 5.92 Å². The summed E-state index contributed by atoms with van der Waals surface area (Å²) < 4.78 is 5.69. The van der Waals surface area contributed by atoms with E-state index in [1.807, 2.05) is 37.9 Å². The molecule has 0 aromatic carbocycles. The molecule has 1 saturated heterocycles. The molecule has 3 rings (SSSR count). The topological polar surface area (TPSA) is 80.2 Å². The molecular formula is C18H23N5O2. The van der Waals surface area contributed by atoms with Gasteiger partial charge in [0.25, 0.3) is 5.88 Å². The number of rotatable bonds is 6. The van der Waals surface area contributed by atoms with Crippen LogP contribution in [0.25, 0.3) is 0 Å². The maximum absolute atomic E-state index is 12.2. The Hall–Kier alpha value is -2.70. The minimum absolute atomic E-state index is 0.0148. The van der Waals surface area contributed by atoms with Gasteiger partial charge in [0.1, 0.15) is 0 Å². The van der Waals surface area contributed by atoms with E-state index < -0.39 is 0 Å². The molecule has 0 spiro atoms. The van der Waals surface area contributed by atoms with E-state index in [0.717, 1.165) is 5.56 Å². The maximum Gasteiger partial charge on any atom is 0.257 e. The number of anilines is 1. The summed E-state index contributed by atoms with van der Waals surface area (Å²) in [6, 6.07) is 3.94. The Labute approximate surface area is 147 Å². The minimum atomic E-state index is 0.0148. The third-order valence-corrected chi connectivity index (χ3v) is 4.29. The van der Waals surface area contributed by atoms with Gasteiger partial charge in [-0.25, -0.2) is 9.97 Å². The van der Waals surface area contributed by atoms with E-state index in [1.165, 1.54) is 0 Å². The predicted octanol–water partition coefficient (Wildman–Crippen LogP) is 2.29. The number of carbonyl (C=O) groups excluding carboxylic acids is 1. The average molecular weight is 341 g/mol. The van der Waals surface area contributed by atoms with E-state index in [1.54, 1.807) is 24.8 Å². The Morgan fingerprint density at radius 1 is 1.24 bits per heavy atom. The Balaban J connectivity index is 1.75. The molecule has 1 amide bonds. The first-order chi connectivity index (χ1) is 12.1. The van der Waals surface area contributed by atoms with Crippen molar-refractivity contribution in [3.63, 3.8) is 0 Å². The highest BCUT2D eigenvalue weighted by molar-refractivity contribution is 5.79. The van der Waals surface area contributed by atoms with Gasteiger partial charge in [-0.2, -0.15) is 0 Å². The zero-order valence-electron chi connectivity index (χ0n) is 14.7. The van der Waals surface area contributed by atoms with Crippen molar-refractivity contribution in [3.8, 4) is 5.88 Å². The molecule has 132 valence electrons. The number of carbonyl (C=O) groups is 1. The molecule has 0 unspecified atom stereocenters. The molecule has 0 radical (unpaired) electrons. The minimum Gasteiger partial charge on any atom is -0.472 e. The van der Waals surface area contributed by atoms with Gasteiger partial charge < -0.3 is 15.0 Å². The Morgan fingerprint density at radius 3 is 2.68 bits per heavy atom. The molecule has 2 atom stereocenters.